The minimum Gasteiger partial charge on any atom is -0.494 e. The second-order valence-corrected chi connectivity index (χ2v) is 7.14. The molecular weight excluding hydrogens is 352 g/mol. The molecule has 1 aliphatic heterocycles. The van der Waals surface area contributed by atoms with Gasteiger partial charge in [-0.3, -0.25) is 4.99 Å². The van der Waals surface area contributed by atoms with Gasteiger partial charge >= 0.3 is 0 Å². The molecule has 0 amide bonds. The summed E-state index contributed by atoms with van der Waals surface area (Å²) in [5.41, 5.74) is 1.24. The van der Waals surface area contributed by atoms with Crippen molar-refractivity contribution in [3.8, 4) is 5.75 Å². The Hall–Kier alpha value is -2.57. The molecule has 0 aliphatic carbocycles. The van der Waals surface area contributed by atoms with Crippen LogP contribution < -0.4 is 15.4 Å². The zero-order valence-electron chi connectivity index (χ0n) is 17.2. The molecule has 1 atom stereocenters. The molecule has 0 saturated carbocycles. The van der Waals surface area contributed by atoms with Crippen LogP contribution in [0.25, 0.3) is 0 Å². The summed E-state index contributed by atoms with van der Waals surface area (Å²) in [7, 11) is 0. The summed E-state index contributed by atoms with van der Waals surface area (Å²) in [6.45, 7) is 9.31. The van der Waals surface area contributed by atoms with Crippen molar-refractivity contribution in [2.24, 2.45) is 4.99 Å². The molecular formula is C21H32N6O. The molecule has 1 aromatic heterocycles. The molecule has 1 aliphatic rings. The fourth-order valence-electron chi connectivity index (χ4n) is 3.37. The Kier molecular flexibility index (Phi) is 7.28. The molecule has 152 valence electrons. The van der Waals surface area contributed by atoms with Gasteiger partial charge in [0.25, 0.3) is 0 Å². The first kappa shape index (κ1) is 20.2. The topological polar surface area (TPSA) is 76.4 Å². The van der Waals surface area contributed by atoms with Crippen molar-refractivity contribution in [3.05, 3.63) is 41.5 Å². The van der Waals surface area contributed by atoms with Gasteiger partial charge in [-0.1, -0.05) is 19.1 Å². The highest BCUT2D eigenvalue weighted by Gasteiger charge is 2.21. The van der Waals surface area contributed by atoms with E-state index < -0.39 is 0 Å². The summed E-state index contributed by atoms with van der Waals surface area (Å²) in [5.74, 6) is 3.74. The smallest absolute Gasteiger partial charge is 0.191 e. The van der Waals surface area contributed by atoms with Crippen LogP contribution in [0.2, 0.25) is 0 Å². The van der Waals surface area contributed by atoms with Gasteiger partial charge in [-0.25, -0.2) is 9.67 Å². The van der Waals surface area contributed by atoms with E-state index in [1.807, 2.05) is 23.7 Å². The van der Waals surface area contributed by atoms with Gasteiger partial charge in [-0.05, 0) is 50.8 Å². The third-order valence-electron chi connectivity index (χ3n) is 4.69. The number of hydrogen-bond donors (Lipinski definition) is 2. The van der Waals surface area contributed by atoms with Crippen molar-refractivity contribution in [3.63, 3.8) is 0 Å². The Morgan fingerprint density at radius 2 is 2.25 bits per heavy atom. The standard InChI is InChI=1S/C21H32N6O/c1-4-13-28-19-8-6-7-17(14-19)11-12-23-21(22-5-2)25-18-9-10-20-24-16(3)26-27(20)15-18/h6-8,14,18H,4-5,9-13,15H2,1-3H3,(H2,22,23,25). The number of fused-ring (bicyclic) bond motifs is 1. The highest BCUT2D eigenvalue weighted by Crippen LogP contribution is 2.15. The van der Waals surface area contributed by atoms with Crippen molar-refractivity contribution < 1.29 is 4.74 Å². The van der Waals surface area contributed by atoms with E-state index in [0.29, 0.717) is 6.04 Å². The van der Waals surface area contributed by atoms with Crippen LogP contribution in [0.15, 0.2) is 29.3 Å². The average molecular weight is 385 g/mol. The lowest BCUT2D eigenvalue weighted by Crippen LogP contribution is -2.47. The number of hydrogen-bond acceptors (Lipinski definition) is 4. The lowest BCUT2D eigenvalue weighted by Gasteiger charge is -2.25. The average Bonchev–Trinajstić information content (AvgIpc) is 3.06. The summed E-state index contributed by atoms with van der Waals surface area (Å²) >= 11 is 0. The van der Waals surface area contributed by atoms with Gasteiger partial charge < -0.3 is 15.4 Å². The number of nitrogens with zero attached hydrogens (tertiary/aromatic N) is 4. The second kappa shape index (κ2) is 10.1. The number of benzene rings is 1. The molecule has 3 rings (SSSR count). The zero-order valence-corrected chi connectivity index (χ0v) is 17.2. The third-order valence-corrected chi connectivity index (χ3v) is 4.69. The van der Waals surface area contributed by atoms with E-state index in [-0.39, 0.29) is 0 Å². The van der Waals surface area contributed by atoms with Crippen LogP contribution in [0, 0.1) is 6.92 Å². The Bertz CT molecular complexity index is 785. The van der Waals surface area contributed by atoms with Gasteiger partial charge in [0.2, 0.25) is 0 Å². The molecule has 1 aromatic carbocycles. The normalized spacial score (nSPS) is 16.5. The Balaban J connectivity index is 1.54. The van der Waals surface area contributed by atoms with Crippen LogP contribution in [-0.2, 0) is 19.4 Å². The van der Waals surface area contributed by atoms with E-state index in [2.05, 4.69) is 46.7 Å². The maximum Gasteiger partial charge on any atom is 0.191 e. The molecule has 2 aromatic rings. The van der Waals surface area contributed by atoms with E-state index >= 15 is 0 Å². The third kappa shape index (κ3) is 5.71. The van der Waals surface area contributed by atoms with Gasteiger partial charge in [-0.2, -0.15) is 5.10 Å². The van der Waals surface area contributed by atoms with Crippen LogP contribution in [0.5, 0.6) is 5.75 Å². The molecule has 2 N–H and O–H groups in total. The van der Waals surface area contributed by atoms with Gasteiger partial charge in [0.1, 0.15) is 17.4 Å². The van der Waals surface area contributed by atoms with E-state index in [1.54, 1.807) is 0 Å². The van der Waals surface area contributed by atoms with Crippen molar-refractivity contribution in [2.45, 2.75) is 59.0 Å². The van der Waals surface area contributed by atoms with Crippen LogP contribution in [0.4, 0.5) is 0 Å². The van der Waals surface area contributed by atoms with Gasteiger partial charge in [-0.15, -0.1) is 0 Å². The minimum absolute atomic E-state index is 0.317. The molecule has 0 saturated heterocycles. The Morgan fingerprint density at radius 1 is 1.36 bits per heavy atom. The number of aryl methyl sites for hydroxylation is 2. The highest BCUT2D eigenvalue weighted by molar-refractivity contribution is 5.80. The predicted molar refractivity (Wildman–Crippen MR) is 112 cm³/mol. The molecule has 2 heterocycles. The van der Waals surface area contributed by atoms with Crippen molar-refractivity contribution in [1.82, 2.24) is 25.4 Å². The molecule has 0 spiro atoms. The van der Waals surface area contributed by atoms with Gasteiger partial charge in [0.15, 0.2) is 5.96 Å². The molecule has 0 fully saturated rings. The molecule has 28 heavy (non-hydrogen) atoms. The molecule has 0 bridgehead atoms. The summed E-state index contributed by atoms with van der Waals surface area (Å²) < 4.78 is 7.73. The minimum atomic E-state index is 0.317. The molecule has 1 unspecified atom stereocenters. The maximum absolute atomic E-state index is 5.72. The Morgan fingerprint density at radius 3 is 3.07 bits per heavy atom. The SMILES string of the molecule is CCCOc1cccc(CCN=C(NCC)NC2CCc3nc(C)nn3C2)c1. The van der Waals surface area contributed by atoms with Crippen molar-refractivity contribution in [1.29, 1.82) is 0 Å². The fraction of sp³-hybridized carbons (Fsp3) is 0.571. The van der Waals surface area contributed by atoms with Crippen LogP contribution in [0.1, 0.15) is 43.9 Å². The monoisotopic (exact) mass is 384 g/mol. The van der Waals surface area contributed by atoms with Crippen molar-refractivity contribution >= 4 is 5.96 Å². The van der Waals surface area contributed by atoms with Gasteiger partial charge in [0, 0.05) is 25.6 Å². The summed E-state index contributed by atoms with van der Waals surface area (Å²) in [6, 6.07) is 8.62. The van der Waals surface area contributed by atoms with E-state index in [9.17, 15) is 0 Å². The number of rotatable bonds is 8. The summed E-state index contributed by atoms with van der Waals surface area (Å²) in [6.07, 6.45) is 3.89. The first-order valence-electron chi connectivity index (χ1n) is 10.3. The summed E-state index contributed by atoms with van der Waals surface area (Å²) in [4.78, 5) is 9.24. The first-order chi connectivity index (χ1) is 13.7. The number of guanidine groups is 1. The second-order valence-electron chi connectivity index (χ2n) is 7.14. The molecule has 0 radical (unpaired) electrons. The zero-order chi connectivity index (χ0) is 19.8. The number of nitrogens with one attached hydrogen (secondary N) is 2. The number of ether oxygens (including phenoxy) is 1. The van der Waals surface area contributed by atoms with Gasteiger partial charge in [0.05, 0.1) is 13.2 Å². The van der Waals surface area contributed by atoms with Crippen LogP contribution in [0.3, 0.4) is 0 Å². The van der Waals surface area contributed by atoms with Crippen molar-refractivity contribution in [2.75, 3.05) is 19.7 Å². The lowest BCUT2D eigenvalue weighted by molar-refractivity contribution is 0.317. The molecule has 7 nitrogen and oxygen atoms in total. The highest BCUT2D eigenvalue weighted by atomic mass is 16.5. The van der Waals surface area contributed by atoms with Crippen LogP contribution >= 0.6 is 0 Å². The number of aliphatic imine (C=N–C) groups is 1. The number of aromatic nitrogens is 3. The Labute approximate surface area is 167 Å². The van der Waals surface area contributed by atoms with E-state index in [1.165, 1.54) is 5.56 Å². The predicted octanol–water partition coefficient (Wildman–Crippen LogP) is 2.49. The lowest BCUT2D eigenvalue weighted by atomic mass is 10.1. The van der Waals surface area contributed by atoms with Crippen LogP contribution in [-0.4, -0.2) is 46.5 Å². The molecule has 7 heteroatoms. The van der Waals surface area contributed by atoms with E-state index in [4.69, 9.17) is 9.73 Å². The summed E-state index contributed by atoms with van der Waals surface area (Å²) in [5, 5.41) is 11.4. The maximum atomic E-state index is 5.72. The largest absolute Gasteiger partial charge is 0.494 e. The quantitative estimate of drug-likeness (QED) is 0.540. The van der Waals surface area contributed by atoms with E-state index in [0.717, 1.165) is 75.3 Å². The first-order valence-corrected chi connectivity index (χ1v) is 10.3. The fourth-order valence-corrected chi connectivity index (χ4v) is 3.37.